The van der Waals surface area contributed by atoms with Gasteiger partial charge >= 0.3 is 25.7 Å². The molecular formula is C48H86NO11P. The van der Waals surface area contributed by atoms with E-state index in [-0.39, 0.29) is 19.4 Å². The zero-order valence-corrected chi connectivity index (χ0v) is 39.0. The Morgan fingerprint density at radius 1 is 0.590 bits per heavy atom. The zero-order chi connectivity index (χ0) is 45.1. The molecule has 5 N–H and O–H groups in total. The minimum absolute atomic E-state index is 0.0658. The number of hydrogen-bond donors (Lipinski definition) is 4. The van der Waals surface area contributed by atoms with Crippen LogP contribution in [-0.2, 0) is 37.5 Å². The summed E-state index contributed by atoms with van der Waals surface area (Å²) in [4.78, 5) is 46.0. The third kappa shape index (κ3) is 42.5. The van der Waals surface area contributed by atoms with Crippen LogP contribution in [0.1, 0.15) is 200 Å². The van der Waals surface area contributed by atoms with E-state index < -0.39 is 57.2 Å². The van der Waals surface area contributed by atoms with Gasteiger partial charge in [0.2, 0.25) is 0 Å². The van der Waals surface area contributed by atoms with E-state index in [1.807, 2.05) is 42.5 Å². The van der Waals surface area contributed by atoms with Crippen LogP contribution in [0.5, 0.6) is 0 Å². The van der Waals surface area contributed by atoms with Crippen molar-refractivity contribution in [2.75, 3.05) is 19.8 Å². The lowest BCUT2D eigenvalue weighted by Crippen LogP contribution is -2.34. The van der Waals surface area contributed by atoms with Gasteiger partial charge < -0.3 is 30.3 Å². The topological polar surface area (TPSA) is 192 Å². The molecule has 61 heavy (non-hydrogen) atoms. The maximum atomic E-state index is 12.6. The summed E-state index contributed by atoms with van der Waals surface area (Å²) in [5, 5.41) is 18.8. The van der Waals surface area contributed by atoms with Crippen molar-refractivity contribution in [2.24, 2.45) is 5.73 Å². The van der Waals surface area contributed by atoms with Crippen molar-refractivity contribution in [3.63, 3.8) is 0 Å². The van der Waals surface area contributed by atoms with E-state index in [4.69, 9.17) is 24.8 Å². The second kappa shape index (κ2) is 42.7. The second-order valence-corrected chi connectivity index (χ2v) is 17.5. The molecule has 4 atom stereocenters. The molecule has 0 fully saturated rings. The van der Waals surface area contributed by atoms with Gasteiger partial charge in [-0.1, -0.05) is 197 Å². The van der Waals surface area contributed by atoms with E-state index in [1.54, 1.807) is 0 Å². The molecule has 0 aliphatic carbocycles. The molecule has 0 aliphatic heterocycles. The van der Waals surface area contributed by atoms with Crippen LogP contribution in [0.15, 0.2) is 48.6 Å². The molecule has 0 aromatic heterocycles. The van der Waals surface area contributed by atoms with Crippen molar-refractivity contribution in [1.29, 1.82) is 0 Å². The van der Waals surface area contributed by atoms with Crippen LogP contribution in [0.4, 0.5) is 0 Å². The minimum atomic E-state index is -4.74. The number of carboxylic acids is 1. The first-order chi connectivity index (χ1) is 29.5. The van der Waals surface area contributed by atoms with Gasteiger partial charge in [-0.25, -0.2) is 4.57 Å². The summed E-state index contributed by atoms with van der Waals surface area (Å²) in [7, 11) is -4.74. The molecule has 0 spiro atoms. The number of unbranched alkanes of at least 4 members (excludes halogenated alkanes) is 21. The smallest absolute Gasteiger partial charge is 0.472 e. The van der Waals surface area contributed by atoms with Crippen molar-refractivity contribution < 1.29 is 52.6 Å². The molecular weight excluding hydrogens is 797 g/mol. The third-order valence-corrected chi connectivity index (χ3v) is 11.1. The highest BCUT2D eigenvalue weighted by Gasteiger charge is 2.28. The van der Waals surface area contributed by atoms with Gasteiger partial charge in [-0.05, 0) is 38.5 Å². The number of esters is 2. The molecule has 354 valence electrons. The van der Waals surface area contributed by atoms with Crippen molar-refractivity contribution >= 4 is 25.7 Å². The Morgan fingerprint density at radius 3 is 1.62 bits per heavy atom. The summed E-state index contributed by atoms with van der Waals surface area (Å²) in [6.07, 6.45) is 45.1. The van der Waals surface area contributed by atoms with Gasteiger partial charge in [0.15, 0.2) is 6.10 Å². The Labute approximate surface area is 369 Å². The molecule has 12 nitrogen and oxygen atoms in total. The fourth-order valence-corrected chi connectivity index (χ4v) is 7.18. The number of nitrogens with two attached hydrogens (primary N) is 1. The first kappa shape index (κ1) is 58.4. The number of hydrogen-bond acceptors (Lipinski definition) is 10. The molecule has 0 aliphatic rings. The van der Waals surface area contributed by atoms with Gasteiger partial charge in [-0.2, -0.15) is 0 Å². The number of aliphatic hydroxyl groups excluding tert-OH is 1. The summed E-state index contributed by atoms with van der Waals surface area (Å²) < 4.78 is 32.7. The van der Waals surface area contributed by atoms with E-state index in [1.165, 1.54) is 96.3 Å². The van der Waals surface area contributed by atoms with Crippen LogP contribution in [0.25, 0.3) is 0 Å². The predicted molar refractivity (Wildman–Crippen MR) is 246 cm³/mol. The summed E-state index contributed by atoms with van der Waals surface area (Å²) >= 11 is 0. The molecule has 0 saturated heterocycles. The molecule has 0 saturated carbocycles. The summed E-state index contributed by atoms with van der Waals surface area (Å²) in [5.74, 6) is -2.48. The summed E-state index contributed by atoms with van der Waals surface area (Å²) in [5.41, 5.74) is 5.33. The highest BCUT2D eigenvalue weighted by molar-refractivity contribution is 7.47. The van der Waals surface area contributed by atoms with Crippen LogP contribution in [0.2, 0.25) is 0 Å². The monoisotopic (exact) mass is 884 g/mol. The molecule has 1 unspecified atom stereocenters. The molecule has 0 bridgehead atoms. The van der Waals surface area contributed by atoms with E-state index in [0.717, 1.165) is 57.8 Å². The molecule has 0 radical (unpaired) electrons. The average molecular weight is 884 g/mol. The first-order valence-electron chi connectivity index (χ1n) is 23.8. The summed E-state index contributed by atoms with van der Waals surface area (Å²) in [6, 6.07) is -1.54. The van der Waals surface area contributed by atoms with Crippen LogP contribution in [0, 0.1) is 0 Å². The number of carbonyl (C=O) groups excluding carboxylic acids is 2. The number of aliphatic hydroxyl groups is 1. The SMILES string of the molecule is CCCCCCCCCCCCCCCCCCCCCC(=O)OC[C@H](COP(=O)(O)OC[C@H](N)C(=O)O)OC(=O)CCC/C=C\C/C=C\C/C=C\C=C\[C@@H](O)CCCCC. The lowest BCUT2D eigenvalue weighted by atomic mass is 10.0. The average Bonchev–Trinajstić information content (AvgIpc) is 3.23. The van der Waals surface area contributed by atoms with Crippen LogP contribution < -0.4 is 5.73 Å². The molecule has 0 amide bonds. The maximum Gasteiger partial charge on any atom is 0.472 e. The van der Waals surface area contributed by atoms with Gasteiger partial charge in [-0.3, -0.25) is 23.4 Å². The van der Waals surface area contributed by atoms with Crippen LogP contribution >= 0.6 is 7.82 Å². The number of carbonyl (C=O) groups is 3. The van der Waals surface area contributed by atoms with Crippen molar-refractivity contribution in [3.8, 4) is 0 Å². The summed E-state index contributed by atoms with van der Waals surface area (Å²) in [6.45, 7) is 2.64. The molecule has 0 aromatic rings. The normalized spacial score (nSPS) is 14.6. The van der Waals surface area contributed by atoms with Crippen LogP contribution in [-0.4, -0.2) is 71.1 Å². The van der Waals surface area contributed by atoms with E-state index in [0.29, 0.717) is 19.3 Å². The van der Waals surface area contributed by atoms with Crippen LogP contribution in [0.3, 0.4) is 0 Å². The van der Waals surface area contributed by atoms with E-state index >= 15 is 0 Å². The molecule has 0 heterocycles. The molecule has 0 aromatic carbocycles. The quantitative estimate of drug-likeness (QED) is 0.0149. The fourth-order valence-electron chi connectivity index (χ4n) is 6.40. The highest BCUT2D eigenvalue weighted by atomic mass is 31.2. The standard InChI is InChI=1S/C48H86NO11P/c1-3-5-7-8-9-10-11-12-13-14-15-16-17-18-21-24-27-30-34-38-46(51)57-40-44(41-58-61(55,56)59-42-45(49)48(53)54)60-47(52)39-35-31-28-25-22-19-20-23-26-29-33-37-43(50)36-32-6-4-2/h19-20,25-26,28-29,33,37,43-45,50H,3-18,21-24,27,30-32,34-36,38-42,49H2,1-2H3,(H,53,54)(H,55,56)/b20-19-,28-25-,29-26-,37-33+/t43-,44+,45-/m0/s1. The predicted octanol–water partition coefficient (Wildman–Crippen LogP) is 11.9. The second-order valence-electron chi connectivity index (χ2n) is 16.1. The molecule has 0 rings (SSSR count). The molecule has 13 heteroatoms. The minimum Gasteiger partial charge on any atom is -0.480 e. The Bertz CT molecular complexity index is 1240. The van der Waals surface area contributed by atoms with E-state index in [2.05, 4.69) is 24.4 Å². The zero-order valence-electron chi connectivity index (χ0n) is 38.1. The van der Waals surface area contributed by atoms with Gasteiger partial charge in [0, 0.05) is 12.8 Å². The Hall–Kier alpha value is -2.60. The number of rotatable bonds is 44. The fraction of sp³-hybridized carbons (Fsp3) is 0.771. The Balaban J connectivity index is 4.40. The maximum absolute atomic E-state index is 12.6. The Kier molecular flexibility index (Phi) is 40.9. The lowest BCUT2D eigenvalue weighted by Gasteiger charge is -2.20. The first-order valence-corrected chi connectivity index (χ1v) is 25.3. The van der Waals surface area contributed by atoms with Crippen molar-refractivity contribution in [3.05, 3.63) is 48.6 Å². The van der Waals surface area contributed by atoms with Crippen molar-refractivity contribution in [2.45, 2.75) is 218 Å². The third-order valence-electron chi connectivity index (χ3n) is 10.2. The number of aliphatic carboxylic acids is 1. The van der Waals surface area contributed by atoms with Gasteiger partial charge in [0.05, 0.1) is 19.3 Å². The van der Waals surface area contributed by atoms with Gasteiger partial charge in [0.1, 0.15) is 12.6 Å². The number of allylic oxidation sites excluding steroid dienone is 7. The van der Waals surface area contributed by atoms with Gasteiger partial charge in [0.25, 0.3) is 0 Å². The highest BCUT2D eigenvalue weighted by Crippen LogP contribution is 2.43. The number of phosphoric acid groups is 1. The number of ether oxygens (including phenoxy) is 2. The Morgan fingerprint density at radius 2 is 1.07 bits per heavy atom. The number of phosphoric ester groups is 1. The number of carboxylic acid groups (broad SMARTS) is 1. The van der Waals surface area contributed by atoms with Gasteiger partial charge in [-0.15, -0.1) is 0 Å². The van der Waals surface area contributed by atoms with E-state index in [9.17, 15) is 28.9 Å². The largest absolute Gasteiger partial charge is 0.480 e. The van der Waals surface area contributed by atoms with Crippen molar-refractivity contribution in [1.82, 2.24) is 0 Å². The lowest BCUT2D eigenvalue weighted by molar-refractivity contribution is -0.161.